The normalized spacial score (nSPS) is 31.6. The number of hydrogen-bond donors (Lipinski definition) is 0. The highest BCUT2D eigenvalue weighted by molar-refractivity contribution is 6.31. The third-order valence-corrected chi connectivity index (χ3v) is 4.88. The molecule has 0 radical (unpaired) electrons. The minimum absolute atomic E-state index is 0.191. The topological polar surface area (TPSA) is 55.5 Å². The molecule has 2 fully saturated rings. The number of fused-ring (bicyclic) bond motifs is 1. The smallest absolute Gasteiger partial charge is 0.235 e. The highest BCUT2D eigenvalue weighted by atomic mass is 35.5. The number of benzene rings is 1. The molecule has 0 saturated heterocycles. The van der Waals surface area contributed by atoms with Crippen LogP contribution in [-0.2, 0) is 4.79 Å². The standard InChI is InChI=1S/C15H13ClN2O2/c16-10-1-2-13-12(3-10)18-14(20-13)9-4-15(5-9)6-11(7-15)17-8-19/h1-3,9,11H,4-7H2. The Morgan fingerprint density at radius 3 is 2.90 bits per heavy atom. The van der Waals surface area contributed by atoms with Crippen molar-refractivity contribution in [1.82, 2.24) is 4.98 Å². The number of rotatable bonds is 2. The van der Waals surface area contributed by atoms with Crippen molar-refractivity contribution in [2.24, 2.45) is 10.4 Å². The highest BCUT2D eigenvalue weighted by Crippen LogP contribution is 2.62. The Bertz CT molecular complexity index is 719. The van der Waals surface area contributed by atoms with E-state index in [0.29, 0.717) is 16.4 Å². The first-order chi connectivity index (χ1) is 9.67. The number of carbonyl (C=O) groups excluding carboxylic acids is 1. The summed E-state index contributed by atoms with van der Waals surface area (Å²) in [7, 11) is 0. The summed E-state index contributed by atoms with van der Waals surface area (Å²) in [6.45, 7) is 0. The van der Waals surface area contributed by atoms with E-state index >= 15 is 0 Å². The second-order valence-electron chi connectivity index (χ2n) is 6.05. The fraction of sp³-hybridized carbons (Fsp3) is 0.467. The molecule has 2 saturated carbocycles. The van der Waals surface area contributed by atoms with Crippen molar-refractivity contribution in [1.29, 1.82) is 0 Å². The summed E-state index contributed by atoms with van der Waals surface area (Å²) < 4.78 is 5.81. The first-order valence-electron chi connectivity index (χ1n) is 6.80. The van der Waals surface area contributed by atoms with Crippen LogP contribution in [0.25, 0.3) is 11.1 Å². The van der Waals surface area contributed by atoms with E-state index in [4.69, 9.17) is 16.0 Å². The second-order valence-corrected chi connectivity index (χ2v) is 6.49. The van der Waals surface area contributed by atoms with Crippen LogP contribution >= 0.6 is 11.6 Å². The number of isocyanates is 1. The van der Waals surface area contributed by atoms with Gasteiger partial charge in [0.1, 0.15) is 5.52 Å². The van der Waals surface area contributed by atoms with Crippen LogP contribution in [-0.4, -0.2) is 17.1 Å². The number of halogens is 1. The minimum atomic E-state index is 0.191. The third kappa shape index (κ3) is 1.80. The van der Waals surface area contributed by atoms with Gasteiger partial charge < -0.3 is 4.42 Å². The first-order valence-corrected chi connectivity index (χ1v) is 7.18. The molecule has 1 aromatic heterocycles. The van der Waals surface area contributed by atoms with E-state index in [0.717, 1.165) is 42.7 Å². The van der Waals surface area contributed by atoms with Gasteiger partial charge in [0.2, 0.25) is 6.08 Å². The maximum absolute atomic E-state index is 10.2. The van der Waals surface area contributed by atoms with Gasteiger partial charge in [0.25, 0.3) is 0 Å². The zero-order valence-corrected chi connectivity index (χ0v) is 11.6. The van der Waals surface area contributed by atoms with Crippen LogP contribution in [0.2, 0.25) is 5.02 Å². The van der Waals surface area contributed by atoms with Gasteiger partial charge in [-0.2, -0.15) is 0 Å². The van der Waals surface area contributed by atoms with Crippen LogP contribution in [0.5, 0.6) is 0 Å². The van der Waals surface area contributed by atoms with E-state index < -0.39 is 0 Å². The molecule has 2 aliphatic rings. The Balaban J connectivity index is 1.48. The van der Waals surface area contributed by atoms with Crippen molar-refractivity contribution in [2.45, 2.75) is 37.6 Å². The zero-order valence-electron chi connectivity index (χ0n) is 10.8. The average molecular weight is 289 g/mol. The Labute approximate surface area is 120 Å². The summed E-state index contributed by atoms with van der Waals surface area (Å²) in [6.07, 6.45) is 5.83. The van der Waals surface area contributed by atoms with Crippen molar-refractivity contribution in [2.75, 3.05) is 0 Å². The van der Waals surface area contributed by atoms with E-state index in [1.165, 1.54) is 0 Å². The molecule has 5 heteroatoms. The largest absolute Gasteiger partial charge is 0.440 e. The lowest BCUT2D eigenvalue weighted by Crippen LogP contribution is -2.48. The zero-order chi connectivity index (χ0) is 13.7. The van der Waals surface area contributed by atoms with Gasteiger partial charge in [0, 0.05) is 10.9 Å². The van der Waals surface area contributed by atoms with Gasteiger partial charge in [0.15, 0.2) is 11.5 Å². The lowest BCUT2D eigenvalue weighted by Gasteiger charge is -2.55. The SMILES string of the molecule is O=C=NC1CC2(C1)CC(c1nc3cc(Cl)ccc3o1)C2. The Morgan fingerprint density at radius 2 is 2.15 bits per heavy atom. The minimum Gasteiger partial charge on any atom is -0.440 e. The van der Waals surface area contributed by atoms with Crippen molar-refractivity contribution in [3.05, 3.63) is 29.1 Å². The summed E-state index contributed by atoms with van der Waals surface area (Å²) in [5, 5.41) is 0.677. The molecular weight excluding hydrogens is 276 g/mol. The average Bonchev–Trinajstić information content (AvgIpc) is 2.72. The molecule has 1 heterocycles. The molecule has 0 amide bonds. The number of aromatic nitrogens is 1. The number of oxazole rings is 1. The maximum Gasteiger partial charge on any atom is 0.235 e. The Morgan fingerprint density at radius 1 is 1.35 bits per heavy atom. The lowest BCUT2D eigenvalue weighted by atomic mass is 9.50. The van der Waals surface area contributed by atoms with Gasteiger partial charge in [-0.3, -0.25) is 0 Å². The van der Waals surface area contributed by atoms with E-state index in [9.17, 15) is 4.79 Å². The fourth-order valence-corrected chi connectivity index (χ4v) is 3.86. The van der Waals surface area contributed by atoms with Gasteiger partial charge in [-0.05, 0) is 49.3 Å². The molecule has 1 spiro atoms. The van der Waals surface area contributed by atoms with Crippen molar-refractivity contribution < 1.29 is 9.21 Å². The van der Waals surface area contributed by atoms with Crippen molar-refractivity contribution >= 4 is 28.8 Å². The molecule has 0 unspecified atom stereocenters. The molecule has 4 rings (SSSR count). The molecule has 0 aliphatic heterocycles. The van der Waals surface area contributed by atoms with E-state index in [-0.39, 0.29) is 6.04 Å². The fourth-order valence-electron chi connectivity index (χ4n) is 3.69. The van der Waals surface area contributed by atoms with Crippen LogP contribution in [0.15, 0.2) is 27.6 Å². The predicted octanol–water partition coefficient (Wildman–Crippen LogP) is 3.84. The van der Waals surface area contributed by atoms with E-state index in [2.05, 4.69) is 9.98 Å². The molecule has 1 aromatic carbocycles. The summed E-state index contributed by atoms with van der Waals surface area (Å²) in [4.78, 5) is 18.5. The number of nitrogens with zero attached hydrogens (tertiary/aromatic N) is 2. The van der Waals surface area contributed by atoms with E-state index in [1.807, 2.05) is 18.2 Å². The van der Waals surface area contributed by atoms with Gasteiger partial charge >= 0.3 is 0 Å². The Hall–Kier alpha value is -1.64. The Kier molecular flexibility index (Phi) is 2.53. The third-order valence-electron chi connectivity index (χ3n) is 4.65. The van der Waals surface area contributed by atoms with Gasteiger partial charge in [-0.1, -0.05) is 11.6 Å². The van der Waals surface area contributed by atoms with E-state index in [1.54, 1.807) is 6.08 Å². The molecule has 0 atom stereocenters. The van der Waals surface area contributed by atoms with Crippen LogP contribution in [0, 0.1) is 5.41 Å². The maximum atomic E-state index is 10.2. The highest BCUT2D eigenvalue weighted by Gasteiger charge is 2.54. The van der Waals surface area contributed by atoms with Crippen LogP contribution in [0.4, 0.5) is 0 Å². The van der Waals surface area contributed by atoms with Gasteiger partial charge in [0.05, 0.1) is 6.04 Å². The molecule has 102 valence electrons. The lowest BCUT2D eigenvalue weighted by molar-refractivity contribution is -0.0148. The quantitative estimate of drug-likeness (QED) is 0.623. The monoisotopic (exact) mass is 288 g/mol. The predicted molar refractivity (Wildman–Crippen MR) is 74.6 cm³/mol. The van der Waals surface area contributed by atoms with Gasteiger partial charge in [-0.15, -0.1) is 0 Å². The molecule has 2 aliphatic carbocycles. The van der Waals surface area contributed by atoms with Crippen LogP contribution < -0.4 is 0 Å². The van der Waals surface area contributed by atoms with Crippen LogP contribution in [0.1, 0.15) is 37.5 Å². The summed E-state index contributed by atoms with van der Waals surface area (Å²) >= 11 is 5.95. The first kappa shape index (κ1) is 12.1. The number of aliphatic imine (C=N–C) groups is 1. The summed E-state index contributed by atoms with van der Waals surface area (Å²) in [6, 6.07) is 5.70. The molecule has 2 aromatic rings. The molecule has 20 heavy (non-hydrogen) atoms. The second kappa shape index (κ2) is 4.18. The van der Waals surface area contributed by atoms with Crippen molar-refractivity contribution in [3.63, 3.8) is 0 Å². The summed E-state index contributed by atoms with van der Waals surface area (Å²) in [5.41, 5.74) is 1.99. The van der Waals surface area contributed by atoms with Crippen LogP contribution in [0.3, 0.4) is 0 Å². The molecule has 0 N–H and O–H groups in total. The molecule has 4 nitrogen and oxygen atoms in total. The number of hydrogen-bond acceptors (Lipinski definition) is 4. The summed E-state index contributed by atoms with van der Waals surface area (Å²) in [5.74, 6) is 1.21. The van der Waals surface area contributed by atoms with Gasteiger partial charge in [-0.25, -0.2) is 14.8 Å². The molecular formula is C15H13ClN2O2. The molecule has 0 bridgehead atoms. The van der Waals surface area contributed by atoms with Crippen molar-refractivity contribution in [3.8, 4) is 0 Å².